The van der Waals surface area contributed by atoms with Crippen molar-refractivity contribution < 1.29 is 0 Å². The third-order valence-corrected chi connectivity index (χ3v) is 2.16. The summed E-state index contributed by atoms with van der Waals surface area (Å²) in [5.41, 5.74) is 1.23. The summed E-state index contributed by atoms with van der Waals surface area (Å²) in [6.07, 6.45) is 6.02. The van der Waals surface area contributed by atoms with Gasteiger partial charge in [0.05, 0.1) is 0 Å². The van der Waals surface area contributed by atoms with Crippen LogP contribution in [0.4, 0.5) is 0 Å². The summed E-state index contributed by atoms with van der Waals surface area (Å²) in [6, 6.07) is 2.08. The molecule has 0 atom stereocenters. The van der Waals surface area contributed by atoms with E-state index in [0.29, 0.717) is 0 Å². The predicted octanol–water partition coefficient (Wildman–Crippen LogP) is 5.48. The Morgan fingerprint density at radius 2 is 1.79 bits per heavy atom. The van der Waals surface area contributed by atoms with Crippen LogP contribution in [0.5, 0.6) is 0 Å². The molecule has 0 saturated heterocycles. The number of hydrogen-bond acceptors (Lipinski definition) is 1. The van der Waals surface area contributed by atoms with Crippen molar-refractivity contribution >= 4 is 23.5 Å². The molecule has 1 aromatic heterocycles. The lowest BCUT2D eigenvalue weighted by molar-refractivity contribution is 1.50. The summed E-state index contributed by atoms with van der Waals surface area (Å²) in [7, 11) is 0. The molecule has 0 fully saturated rings. The summed E-state index contributed by atoms with van der Waals surface area (Å²) in [4.78, 5) is 1.29. The predicted molar refractivity (Wildman–Crippen MR) is 71.8 cm³/mol. The fourth-order valence-corrected chi connectivity index (χ4v) is 1.65. The van der Waals surface area contributed by atoms with E-state index >= 15 is 0 Å². The molecule has 1 heterocycles. The van der Waals surface area contributed by atoms with Crippen LogP contribution in [0.1, 0.15) is 45.1 Å². The largest absolute Gasteiger partial charge is 0.144 e. The molecule has 0 nitrogen and oxygen atoms in total. The van der Waals surface area contributed by atoms with Gasteiger partial charge in [-0.05, 0) is 30.0 Å². The van der Waals surface area contributed by atoms with Gasteiger partial charge in [0.1, 0.15) is 0 Å². The summed E-state index contributed by atoms with van der Waals surface area (Å²) in [6.45, 7) is 13.7. The van der Waals surface area contributed by atoms with Gasteiger partial charge in [0.2, 0.25) is 0 Å². The molecule has 0 bridgehead atoms. The van der Waals surface area contributed by atoms with Crippen LogP contribution in [0.15, 0.2) is 24.1 Å². The number of hydrogen-bond donors (Lipinski definition) is 0. The van der Waals surface area contributed by atoms with E-state index in [0.717, 1.165) is 0 Å². The van der Waals surface area contributed by atoms with Crippen LogP contribution >= 0.6 is 11.3 Å². The van der Waals surface area contributed by atoms with Gasteiger partial charge in [-0.2, -0.15) is 0 Å². The molecule has 0 aliphatic carbocycles. The van der Waals surface area contributed by atoms with Gasteiger partial charge in [-0.25, -0.2) is 0 Å². The van der Waals surface area contributed by atoms with Crippen molar-refractivity contribution in [2.45, 2.75) is 34.6 Å². The van der Waals surface area contributed by atoms with Crippen LogP contribution in [-0.2, 0) is 0 Å². The highest BCUT2D eigenvalue weighted by molar-refractivity contribution is 7.11. The van der Waals surface area contributed by atoms with E-state index in [-0.39, 0.29) is 0 Å². The Morgan fingerprint density at radius 1 is 1.21 bits per heavy atom. The quantitative estimate of drug-likeness (QED) is 0.606. The van der Waals surface area contributed by atoms with Crippen molar-refractivity contribution in [3.63, 3.8) is 0 Å². The molecule has 0 saturated carbocycles. The van der Waals surface area contributed by atoms with Gasteiger partial charge in [0.25, 0.3) is 0 Å². The molecule has 0 aromatic carbocycles. The zero-order chi connectivity index (χ0) is 11.4. The van der Waals surface area contributed by atoms with E-state index in [1.165, 1.54) is 10.4 Å². The average Bonchev–Trinajstić information content (AvgIpc) is 2.72. The maximum absolute atomic E-state index is 3.72. The van der Waals surface area contributed by atoms with Gasteiger partial charge in [-0.3, -0.25) is 0 Å². The summed E-state index contributed by atoms with van der Waals surface area (Å²) in [5, 5.41) is 2.08. The van der Waals surface area contributed by atoms with Gasteiger partial charge >= 0.3 is 0 Å². The van der Waals surface area contributed by atoms with Crippen LogP contribution in [0.3, 0.4) is 0 Å². The zero-order valence-corrected chi connectivity index (χ0v) is 10.8. The highest BCUT2D eigenvalue weighted by Gasteiger charge is 1.93. The molecule has 1 aromatic rings. The Balaban J connectivity index is 0. The first-order valence-electron chi connectivity index (χ1n) is 5.21. The van der Waals surface area contributed by atoms with E-state index in [1.54, 1.807) is 11.3 Å². The Labute approximate surface area is 93.0 Å². The first-order chi connectivity index (χ1) is 6.88. The molecule has 1 heteroatoms. The summed E-state index contributed by atoms with van der Waals surface area (Å²) in [5.74, 6) is 0. The van der Waals surface area contributed by atoms with Crippen molar-refractivity contribution in [1.29, 1.82) is 0 Å². The first-order valence-corrected chi connectivity index (χ1v) is 6.09. The lowest BCUT2D eigenvalue weighted by Crippen LogP contribution is -1.65. The van der Waals surface area contributed by atoms with Crippen molar-refractivity contribution in [2.75, 3.05) is 0 Å². The van der Waals surface area contributed by atoms with Crippen molar-refractivity contribution in [3.8, 4) is 0 Å². The summed E-state index contributed by atoms with van der Waals surface area (Å²) >= 11 is 1.74. The molecule has 0 aliphatic heterocycles. The Morgan fingerprint density at radius 3 is 2.21 bits per heavy atom. The van der Waals surface area contributed by atoms with Gasteiger partial charge in [0, 0.05) is 4.88 Å². The average molecular weight is 210 g/mol. The first kappa shape index (κ1) is 15.6. The molecule has 0 unspecified atom stereocenters. The fourth-order valence-electron chi connectivity index (χ4n) is 0.786. The Hall–Kier alpha value is -0.820. The molecule has 0 radical (unpaired) electrons. The summed E-state index contributed by atoms with van der Waals surface area (Å²) < 4.78 is 0. The van der Waals surface area contributed by atoms with E-state index in [1.807, 2.05) is 46.8 Å². The number of allylic oxidation sites excluding steroid dienone is 1. The molecule has 80 valence electrons. The highest BCUT2D eigenvalue weighted by atomic mass is 32.1. The molecule has 0 aliphatic rings. The second-order valence-corrected chi connectivity index (χ2v) is 2.89. The van der Waals surface area contributed by atoms with E-state index in [2.05, 4.69) is 24.1 Å². The minimum Gasteiger partial charge on any atom is -0.144 e. The molecular formula is C13H22S. The number of thiophene rings is 1. The smallest absolute Gasteiger partial charge is 0.0339 e. The van der Waals surface area contributed by atoms with Crippen molar-refractivity contribution in [3.05, 3.63) is 34.5 Å². The molecule has 0 N–H and O–H groups in total. The monoisotopic (exact) mass is 210 g/mol. The maximum atomic E-state index is 3.72. The van der Waals surface area contributed by atoms with Crippen molar-refractivity contribution in [2.24, 2.45) is 0 Å². The third kappa shape index (κ3) is 5.76. The SMILES string of the molecule is C=Cc1ccsc1/C=C\C.CC.CC. The molecule has 0 amide bonds. The normalized spacial score (nSPS) is 8.36. The van der Waals surface area contributed by atoms with Gasteiger partial charge in [-0.1, -0.05) is 46.4 Å². The maximum Gasteiger partial charge on any atom is 0.0339 e. The van der Waals surface area contributed by atoms with Crippen LogP contribution in [0, 0.1) is 0 Å². The van der Waals surface area contributed by atoms with Gasteiger partial charge < -0.3 is 0 Å². The van der Waals surface area contributed by atoms with Crippen LogP contribution in [0.25, 0.3) is 12.2 Å². The lowest BCUT2D eigenvalue weighted by atomic mass is 10.2. The van der Waals surface area contributed by atoms with Gasteiger partial charge in [0.15, 0.2) is 0 Å². The molecule has 14 heavy (non-hydrogen) atoms. The van der Waals surface area contributed by atoms with E-state index in [4.69, 9.17) is 0 Å². The Kier molecular flexibility index (Phi) is 13.6. The zero-order valence-electron chi connectivity index (χ0n) is 10.0. The van der Waals surface area contributed by atoms with Crippen LogP contribution < -0.4 is 0 Å². The van der Waals surface area contributed by atoms with E-state index in [9.17, 15) is 0 Å². The number of rotatable bonds is 2. The standard InChI is InChI=1S/C9H10S.2C2H6/c1-3-5-9-8(4-2)6-7-10-9;2*1-2/h3-7H,2H2,1H3;2*1-2H3/b5-3-;;. The Bertz CT molecular complexity index is 243. The van der Waals surface area contributed by atoms with Crippen molar-refractivity contribution in [1.82, 2.24) is 0 Å². The molecule has 0 spiro atoms. The van der Waals surface area contributed by atoms with E-state index < -0.39 is 0 Å². The lowest BCUT2D eigenvalue weighted by Gasteiger charge is -1.86. The minimum atomic E-state index is 1.23. The third-order valence-electron chi connectivity index (χ3n) is 1.27. The highest BCUT2D eigenvalue weighted by Crippen LogP contribution is 2.18. The van der Waals surface area contributed by atoms with Crippen LogP contribution in [0.2, 0.25) is 0 Å². The second kappa shape index (κ2) is 12.2. The molecular weight excluding hydrogens is 188 g/mol. The topological polar surface area (TPSA) is 0 Å². The fraction of sp³-hybridized carbons (Fsp3) is 0.385. The van der Waals surface area contributed by atoms with Crippen LogP contribution in [-0.4, -0.2) is 0 Å². The van der Waals surface area contributed by atoms with Gasteiger partial charge in [-0.15, -0.1) is 11.3 Å². The second-order valence-electron chi connectivity index (χ2n) is 1.94. The molecule has 1 rings (SSSR count). The minimum absolute atomic E-state index is 1.23.